The first-order valence-electron chi connectivity index (χ1n) is 4.94. The number of carbonyl (C=O) groups excluding carboxylic acids is 1. The molecule has 0 aliphatic rings. The summed E-state index contributed by atoms with van der Waals surface area (Å²) in [4.78, 5) is 15.7. The van der Waals surface area contributed by atoms with E-state index in [2.05, 4.69) is 26.2 Å². The predicted octanol–water partition coefficient (Wildman–Crippen LogP) is 3.89. The number of hydrogen-bond acceptors (Lipinski definition) is 2. The number of carbonyl (C=O) groups is 1. The summed E-state index contributed by atoms with van der Waals surface area (Å²) >= 11 is 9.06. The summed E-state index contributed by atoms with van der Waals surface area (Å²) in [5.74, 6) is -0.923. The van der Waals surface area contributed by atoms with Crippen LogP contribution in [0.3, 0.4) is 0 Å². The van der Waals surface area contributed by atoms with Crippen molar-refractivity contribution in [1.29, 1.82) is 0 Å². The maximum atomic E-state index is 13.0. The molecule has 0 aliphatic carbocycles. The van der Waals surface area contributed by atoms with Crippen molar-refractivity contribution < 1.29 is 9.18 Å². The average molecular weight is 330 g/mol. The van der Waals surface area contributed by atoms with Gasteiger partial charge in [0.05, 0.1) is 10.7 Å². The molecule has 2 rings (SSSR count). The summed E-state index contributed by atoms with van der Waals surface area (Å²) < 4.78 is 13.8. The molecule has 2 aromatic rings. The summed E-state index contributed by atoms with van der Waals surface area (Å²) in [6, 6.07) is 6.98. The van der Waals surface area contributed by atoms with Gasteiger partial charge in [-0.1, -0.05) is 11.6 Å². The van der Waals surface area contributed by atoms with Crippen LogP contribution in [0.2, 0.25) is 5.02 Å². The molecular weight excluding hydrogens is 322 g/mol. The Bertz CT molecular complexity index is 589. The van der Waals surface area contributed by atoms with Crippen LogP contribution in [0.25, 0.3) is 0 Å². The average Bonchev–Trinajstić information content (AvgIpc) is 2.34. The number of benzene rings is 1. The topological polar surface area (TPSA) is 42.0 Å². The third kappa shape index (κ3) is 3.05. The Labute approximate surface area is 116 Å². The second kappa shape index (κ2) is 5.46. The van der Waals surface area contributed by atoms with Crippen molar-refractivity contribution in [2.24, 2.45) is 0 Å². The molecule has 0 atom stereocenters. The van der Waals surface area contributed by atoms with E-state index in [4.69, 9.17) is 11.6 Å². The highest BCUT2D eigenvalue weighted by atomic mass is 79.9. The van der Waals surface area contributed by atoms with Crippen molar-refractivity contribution in [2.45, 2.75) is 0 Å². The van der Waals surface area contributed by atoms with Crippen molar-refractivity contribution >= 4 is 39.1 Å². The van der Waals surface area contributed by atoms with Gasteiger partial charge in [-0.05, 0) is 46.3 Å². The Hall–Kier alpha value is -1.46. The van der Waals surface area contributed by atoms with Gasteiger partial charge in [-0.3, -0.25) is 4.79 Å². The first-order chi connectivity index (χ1) is 8.56. The molecule has 0 unspecified atom stereocenters. The van der Waals surface area contributed by atoms with E-state index in [0.717, 1.165) is 10.5 Å². The number of pyridine rings is 1. The number of rotatable bonds is 2. The largest absolute Gasteiger partial charge is 0.319 e. The molecule has 1 heterocycles. The minimum absolute atomic E-state index is 0.214. The first-order valence-corrected chi connectivity index (χ1v) is 6.11. The van der Waals surface area contributed by atoms with Crippen molar-refractivity contribution in [3.05, 3.63) is 57.5 Å². The highest BCUT2D eigenvalue weighted by Crippen LogP contribution is 2.22. The predicted molar refractivity (Wildman–Crippen MR) is 71.3 cm³/mol. The third-order valence-electron chi connectivity index (χ3n) is 2.14. The van der Waals surface area contributed by atoms with E-state index < -0.39 is 11.7 Å². The molecule has 1 N–H and O–H groups in total. The normalized spacial score (nSPS) is 10.2. The van der Waals surface area contributed by atoms with Crippen LogP contribution in [0.15, 0.2) is 41.0 Å². The van der Waals surface area contributed by atoms with E-state index in [1.807, 2.05) is 0 Å². The number of aromatic nitrogens is 1. The van der Waals surface area contributed by atoms with Crippen LogP contribution >= 0.6 is 27.5 Å². The van der Waals surface area contributed by atoms with E-state index in [1.54, 1.807) is 12.1 Å². The Morgan fingerprint density at radius 3 is 2.78 bits per heavy atom. The Morgan fingerprint density at radius 1 is 1.33 bits per heavy atom. The fourth-order valence-electron chi connectivity index (χ4n) is 1.29. The van der Waals surface area contributed by atoms with Gasteiger partial charge in [-0.15, -0.1) is 0 Å². The molecule has 1 aromatic carbocycles. The lowest BCUT2D eigenvalue weighted by atomic mass is 10.3. The molecular formula is C12H7BrClFN2O. The molecule has 1 aromatic heterocycles. The van der Waals surface area contributed by atoms with Crippen molar-refractivity contribution in [3.63, 3.8) is 0 Å². The van der Waals surface area contributed by atoms with Gasteiger partial charge in [0.2, 0.25) is 0 Å². The van der Waals surface area contributed by atoms with E-state index in [-0.39, 0.29) is 16.4 Å². The van der Waals surface area contributed by atoms with E-state index >= 15 is 0 Å². The van der Waals surface area contributed by atoms with Gasteiger partial charge in [-0.2, -0.15) is 0 Å². The number of nitrogens with zero attached hydrogens (tertiary/aromatic N) is 1. The van der Waals surface area contributed by atoms with E-state index in [1.165, 1.54) is 18.3 Å². The van der Waals surface area contributed by atoms with Crippen LogP contribution in [0.1, 0.15) is 10.5 Å². The zero-order valence-electron chi connectivity index (χ0n) is 8.95. The van der Waals surface area contributed by atoms with Crippen LogP contribution in [-0.2, 0) is 0 Å². The molecule has 0 bridgehead atoms. The first kappa shape index (κ1) is 13.0. The van der Waals surface area contributed by atoms with Crippen LogP contribution in [-0.4, -0.2) is 10.9 Å². The molecule has 0 saturated heterocycles. The van der Waals surface area contributed by atoms with Gasteiger partial charge in [0.1, 0.15) is 11.5 Å². The summed E-state index contributed by atoms with van der Waals surface area (Å²) in [5, 5.41) is 2.76. The van der Waals surface area contributed by atoms with Crippen LogP contribution in [0, 0.1) is 5.82 Å². The Balaban J connectivity index is 2.21. The smallest absolute Gasteiger partial charge is 0.274 e. The molecule has 0 aliphatic heterocycles. The lowest BCUT2D eigenvalue weighted by molar-refractivity contribution is 0.102. The van der Waals surface area contributed by atoms with Gasteiger partial charge in [0.15, 0.2) is 0 Å². The fraction of sp³-hybridized carbons (Fsp3) is 0. The maximum absolute atomic E-state index is 13.0. The monoisotopic (exact) mass is 328 g/mol. The molecule has 0 fully saturated rings. The van der Waals surface area contributed by atoms with Gasteiger partial charge in [0, 0.05) is 10.7 Å². The quantitative estimate of drug-likeness (QED) is 0.908. The SMILES string of the molecule is O=C(Nc1cc(F)ccc1Cl)c1ccc(Br)cn1. The number of nitrogens with one attached hydrogen (secondary N) is 1. The lowest BCUT2D eigenvalue weighted by Crippen LogP contribution is -2.13. The van der Waals surface area contributed by atoms with Gasteiger partial charge in [0.25, 0.3) is 5.91 Å². The molecule has 0 spiro atoms. The van der Waals surface area contributed by atoms with Crippen molar-refractivity contribution in [2.75, 3.05) is 5.32 Å². The molecule has 0 radical (unpaired) electrons. The lowest BCUT2D eigenvalue weighted by Gasteiger charge is -2.06. The van der Waals surface area contributed by atoms with Gasteiger partial charge >= 0.3 is 0 Å². The molecule has 0 saturated carbocycles. The number of anilines is 1. The molecule has 1 amide bonds. The van der Waals surface area contributed by atoms with Crippen molar-refractivity contribution in [3.8, 4) is 0 Å². The number of amides is 1. The summed E-state index contributed by atoms with van der Waals surface area (Å²) in [6.07, 6.45) is 1.50. The Kier molecular flexibility index (Phi) is 3.93. The highest BCUT2D eigenvalue weighted by molar-refractivity contribution is 9.10. The zero-order chi connectivity index (χ0) is 13.1. The van der Waals surface area contributed by atoms with Gasteiger partial charge in [-0.25, -0.2) is 9.37 Å². The van der Waals surface area contributed by atoms with Crippen LogP contribution < -0.4 is 5.32 Å². The van der Waals surface area contributed by atoms with Crippen LogP contribution in [0.5, 0.6) is 0 Å². The molecule has 3 nitrogen and oxygen atoms in total. The minimum atomic E-state index is -0.474. The third-order valence-corrected chi connectivity index (χ3v) is 2.94. The molecule has 92 valence electrons. The standard InChI is InChI=1S/C12H7BrClFN2O/c13-7-1-4-10(16-6-7)12(18)17-11-5-8(15)2-3-9(11)14/h1-6H,(H,17,18). The summed E-state index contributed by atoms with van der Waals surface area (Å²) in [5.41, 5.74) is 0.435. The zero-order valence-corrected chi connectivity index (χ0v) is 11.3. The van der Waals surface area contributed by atoms with Gasteiger partial charge < -0.3 is 5.32 Å². The minimum Gasteiger partial charge on any atom is -0.319 e. The van der Waals surface area contributed by atoms with E-state index in [9.17, 15) is 9.18 Å². The number of halogens is 3. The molecule has 6 heteroatoms. The second-order valence-electron chi connectivity index (χ2n) is 3.44. The van der Waals surface area contributed by atoms with E-state index in [0.29, 0.717) is 0 Å². The summed E-state index contributed by atoms with van der Waals surface area (Å²) in [6.45, 7) is 0. The van der Waals surface area contributed by atoms with Crippen LogP contribution in [0.4, 0.5) is 10.1 Å². The fourth-order valence-corrected chi connectivity index (χ4v) is 1.69. The second-order valence-corrected chi connectivity index (χ2v) is 4.76. The maximum Gasteiger partial charge on any atom is 0.274 e. The highest BCUT2D eigenvalue weighted by Gasteiger charge is 2.10. The Morgan fingerprint density at radius 2 is 2.11 bits per heavy atom. The summed E-state index contributed by atoms with van der Waals surface area (Å²) in [7, 11) is 0. The number of hydrogen-bond donors (Lipinski definition) is 1. The molecule has 18 heavy (non-hydrogen) atoms. The van der Waals surface area contributed by atoms with Crippen molar-refractivity contribution in [1.82, 2.24) is 4.98 Å².